The van der Waals surface area contributed by atoms with Crippen LogP contribution >= 0.6 is 0 Å². The van der Waals surface area contributed by atoms with Crippen molar-refractivity contribution in [3.63, 3.8) is 0 Å². The molecule has 0 spiro atoms. The molecular formula is C15H20N2. The minimum absolute atomic E-state index is 0.745. The highest BCUT2D eigenvalue weighted by molar-refractivity contribution is 5.49. The van der Waals surface area contributed by atoms with Crippen molar-refractivity contribution in [3.8, 4) is 6.07 Å². The van der Waals surface area contributed by atoms with Crippen molar-refractivity contribution >= 4 is 5.69 Å². The summed E-state index contributed by atoms with van der Waals surface area (Å²) in [6.07, 6.45) is 5.31. The normalized spacial score (nSPS) is 16.8. The zero-order valence-electron chi connectivity index (χ0n) is 10.5. The molecule has 0 bridgehead atoms. The highest BCUT2D eigenvalue weighted by atomic mass is 15.1. The molecular weight excluding hydrogens is 208 g/mol. The van der Waals surface area contributed by atoms with Crippen molar-refractivity contribution in [2.75, 3.05) is 18.0 Å². The predicted molar refractivity (Wildman–Crippen MR) is 71.0 cm³/mol. The molecule has 2 rings (SSSR count). The lowest BCUT2D eigenvalue weighted by atomic mass is 9.92. The lowest BCUT2D eigenvalue weighted by Gasteiger charge is -2.33. The first-order valence-corrected chi connectivity index (χ1v) is 6.58. The Morgan fingerprint density at radius 1 is 1.24 bits per heavy atom. The molecule has 17 heavy (non-hydrogen) atoms. The summed E-state index contributed by atoms with van der Waals surface area (Å²) in [5.74, 6) is 0.926. The van der Waals surface area contributed by atoms with Gasteiger partial charge in [-0.2, -0.15) is 5.26 Å². The molecule has 90 valence electrons. The zero-order chi connectivity index (χ0) is 12.1. The quantitative estimate of drug-likeness (QED) is 0.790. The summed E-state index contributed by atoms with van der Waals surface area (Å²) >= 11 is 0. The molecule has 0 radical (unpaired) electrons. The first kappa shape index (κ1) is 12.0. The second-order valence-corrected chi connectivity index (χ2v) is 4.88. The van der Waals surface area contributed by atoms with Crippen LogP contribution in [0.25, 0.3) is 0 Å². The van der Waals surface area contributed by atoms with Gasteiger partial charge in [-0.3, -0.25) is 0 Å². The third-order valence-electron chi connectivity index (χ3n) is 3.67. The highest BCUT2D eigenvalue weighted by Gasteiger charge is 2.18. The van der Waals surface area contributed by atoms with Gasteiger partial charge in [0.05, 0.1) is 11.6 Å². The molecule has 1 aromatic rings. The minimum atomic E-state index is 0.745. The smallest absolute Gasteiger partial charge is 0.0991 e. The zero-order valence-corrected chi connectivity index (χ0v) is 10.5. The van der Waals surface area contributed by atoms with E-state index >= 15 is 0 Å². The number of benzene rings is 1. The van der Waals surface area contributed by atoms with Crippen LogP contribution in [0.1, 0.15) is 38.2 Å². The molecule has 1 fully saturated rings. The molecule has 0 unspecified atom stereocenters. The number of piperidine rings is 1. The Hall–Kier alpha value is -1.49. The molecule has 0 amide bonds. The first-order valence-electron chi connectivity index (χ1n) is 6.58. The average Bonchev–Trinajstić information content (AvgIpc) is 2.40. The van der Waals surface area contributed by atoms with Gasteiger partial charge in [0.1, 0.15) is 0 Å². The summed E-state index contributed by atoms with van der Waals surface area (Å²) in [7, 11) is 0. The van der Waals surface area contributed by atoms with Crippen LogP contribution in [-0.2, 0) is 0 Å². The maximum atomic E-state index is 8.77. The van der Waals surface area contributed by atoms with Gasteiger partial charge in [-0.05, 0) is 43.0 Å². The van der Waals surface area contributed by atoms with E-state index in [1.54, 1.807) is 0 Å². The average molecular weight is 228 g/mol. The van der Waals surface area contributed by atoms with Crippen LogP contribution < -0.4 is 4.90 Å². The Bertz CT molecular complexity index is 380. The molecule has 2 nitrogen and oxygen atoms in total. The van der Waals surface area contributed by atoms with Crippen LogP contribution in [0, 0.1) is 17.2 Å². The van der Waals surface area contributed by atoms with Gasteiger partial charge in [0, 0.05) is 18.8 Å². The van der Waals surface area contributed by atoms with Crippen molar-refractivity contribution in [2.45, 2.75) is 32.6 Å². The largest absolute Gasteiger partial charge is 0.372 e. The van der Waals surface area contributed by atoms with Gasteiger partial charge in [-0.15, -0.1) is 0 Å². The van der Waals surface area contributed by atoms with E-state index in [2.05, 4.69) is 30.0 Å². The summed E-state index contributed by atoms with van der Waals surface area (Å²) in [6, 6.07) is 10.1. The summed E-state index contributed by atoms with van der Waals surface area (Å²) in [4.78, 5) is 2.44. The Labute approximate surface area is 104 Å². The van der Waals surface area contributed by atoms with E-state index in [-0.39, 0.29) is 0 Å². The number of nitriles is 1. The number of anilines is 1. The first-order chi connectivity index (χ1) is 8.33. The Morgan fingerprint density at radius 3 is 2.41 bits per heavy atom. The van der Waals surface area contributed by atoms with E-state index < -0.39 is 0 Å². The molecule has 2 heteroatoms. The minimum Gasteiger partial charge on any atom is -0.372 e. The predicted octanol–water partition coefficient (Wildman–Crippen LogP) is 3.57. The van der Waals surface area contributed by atoms with Gasteiger partial charge in [-0.1, -0.05) is 19.8 Å². The number of nitrogens with zero attached hydrogens (tertiary/aromatic N) is 2. The van der Waals surface area contributed by atoms with Crippen molar-refractivity contribution in [1.29, 1.82) is 5.26 Å². The topological polar surface area (TPSA) is 27.0 Å². The fourth-order valence-corrected chi connectivity index (χ4v) is 2.63. The van der Waals surface area contributed by atoms with E-state index in [0.29, 0.717) is 0 Å². The standard InChI is InChI=1S/C15H20N2/c1-2-3-13-8-10-17(11-9-13)15-6-4-14(12-16)5-7-15/h4-7,13H,2-3,8-11H2,1H3. The second kappa shape index (κ2) is 5.72. The van der Waals surface area contributed by atoms with Gasteiger partial charge in [0.15, 0.2) is 0 Å². The van der Waals surface area contributed by atoms with Crippen molar-refractivity contribution < 1.29 is 0 Å². The van der Waals surface area contributed by atoms with E-state index in [1.165, 1.54) is 31.4 Å². The monoisotopic (exact) mass is 228 g/mol. The summed E-state index contributed by atoms with van der Waals surface area (Å²) < 4.78 is 0. The maximum Gasteiger partial charge on any atom is 0.0991 e. The van der Waals surface area contributed by atoms with Gasteiger partial charge >= 0.3 is 0 Å². The summed E-state index contributed by atoms with van der Waals surface area (Å²) in [5.41, 5.74) is 2.01. The van der Waals surface area contributed by atoms with E-state index in [0.717, 1.165) is 24.6 Å². The Kier molecular flexibility index (Phi) is 4.03. The molecule has 1 aromatic carbocycles. The molecule has 0 aromatic heterocycles. The van der Waals surface area contributed by atoms with Crippen LogP contribution in [0.15, 0.2) is 24.3 Å². The fraction of sp³-hybridized carbons (Fsp3) is 0.533. The Balaban J connectivity index is 1.94. The highest BCUT2D eigenvalue weighted by Crippen LogP contribution is 2.25. The summed E-state index contributed by atoms with van der Waals surface area (Å²) in [5, 5.41) is 8.77. The van der Waals surface area contributed by atoms with Gasteiger partial charge in [0.2, 0.25) is 0 Å². The fourth-order valence-electron chi connectivity index (χ4n) is 2.63. The van der Waals surface area contributed by atoms with Crippen LogP contribution in [0.3, 0.4) is 0 Å². The SMILES string of the molecule is CCCC1CCN(c2ccc(C#N)cc2)CC1. The number of rotatable bonds is 3. The van der Waals surface area contributed by atoms with Crippen LogP contribution in [0.2, 0.25) is 0 Å². The molecule has 1 aliphatic heterocycles. The number of hydrogen-bond donors (Lipinski definition) is 0. The van der Waals surface area contributed by atoms with Gasteiger partial charge in [-0.25, -0.2) is 0 Å². The molecule has 0 aliphatic carbocycles. The maximum absolute atomic E-state index is 8.77. The molecule has 1 aliphatic rings. The van der Waals surface area contributed by atoms with E-state index in [4.69, 9.17) is 5.26 Å². The van der Waals surface area contributed by atoms with Crippen molar-refractivity contribution in [1.82, 2.24) is 0 Å². The molecule has 1 heterocycles. The third-order valence-corrected chi connectivity index (χ3v) is 3.67. The van der Waals surface area contributed by atoms with Crippen LogP contribution in [-0.4, -0.2) is 13.1 Å². The second-order valence-electron chi connectivity index (χ2n) is 4.88. The molecule has 0 atom stereocenters. The van der Waals surface area contributed by atoms with E-state index in [9.17, 15) is 0 Å². The summed E-state index contributed by atoms with van der Waals surface area (Å²) in [6.45, 7) is 4.60. The van der Waals surface area contributed by atoms with Crippen molar-refractivity contribution in [2.24, 2.45) is 5.92 Å². The molecule has 0 N–H and O–H groups in total. The Morgan fingerprint density at radius 2 is 1.88 bits per heavy atom. The number of hydrogen-bond acceptors (Lipinski definition) is 2. The van der Waals surface area contributed by atoms with E-state index in [1.807, 2.05) is 12.1 Å². The van der Waals surface area contributed by atoms with Gasteiger partial charge in [0.25, 0.3) is 0 Å². The third kappa shape index (κ3) is 3.00. The molecule has 0 saturated carbocycles. The van der Waals surface area contributed by atoms with Gasteiger partial charge < -0.3 is 4.90 Å². The molecule has 1 saturated heterocycles. The van der Waals surface area contributed by atoms with Crippen molar-refractivity contribution in [3.05, 3.63) is 29.8 Å². The lowest BCUT2D eigenvalue weighted by Crippen LogP contribution is -2.33. The van der Waals surface area contributed by atoms with Crippen LogP contribution in [0.4, 0.5) is 5.69 Å². The van der Waals surface area contributed by atoms with Crippen LogP contribution in [0.5, 0.6) is 0 Å². The lowest BCUT2D eigenvalue weighted by molar-refractivity contribution is 0.378.